The van der Waals surface area contributed by atoms with Gasteiger partial charge in [0, 0.05) is 24.2 Å². The maximum Gasteiger partial charge on any atom is 0.0580 e. The third-order valence-corrected chi connectivity index (χ3v) is 3.35. The van der Waals surface area contributed by atoms with Gasteiger partial charge in [0.1, 0.15) is 0 Å². The van der Waals surface area contributed by atoms with E-state index >= 15 is 0 Å². The Morgan fingerprint density at radius 2 is 1.89 bits per heavy atom. The first-order chi connectivity index (χ1) is 8.70. The minimum absolute atomic E-state index is 0.0991. The molecule has 0 amide bonds. The van der Waals surface area contributed by atoms with Crippen molar-refractivity contribution in [2.24, 2.45) is 4.99 Å². The molecule has 0 unspecified atom stereocenters. The molecule has 18 heavy (non-hydrogen) atoms. The Morgan fingerprint density at radius 1 is 1.22 bits per heavy atom. The zero-order chi connectivity index (χ0) is 13.3. The lowest BCUT2D eigenvalue weighted by atomic mass is 9.90. The molecule has 0 atom stereocenters. The number of nitrogens with zero attached hydrogens (tertiary/aromatic N) is 2. The summed E-state index contributed by atoms with van der Waals surface area (Å²) in [6.45, 7) is 6.77. The van der Waals surface area contributed by atoms with Gasteiger partial charge in [0.05, 0.1) is 5.54 Å². The predicted molar refractivity (Wildman–Crippen MR) is 79.3 cm³/mol. The quantitative estimate of drug-likeness (QED) is 0.613. The predicted octanol–water partition coefficient (Wildman–Crippen LogP) is 4.64. The van der Waals surface area contributed by atoms with Gasteiger partial charge in [-0.25, -0.2) is 0 Å². The first kappa shape index (κ1) is 14.9. The summed E-state index contributed by atoms with van der Waals surface area (Å²) < 4.78 is 0. The molecule has 1 aromatic heterocycles. The minimum atomic E-state index is 0.0991. The van der Waals surface area contributed by atoms with Crippen LogP contribution in [0.2, 0.25) is 0 Å². The van der Waals surface area contributed by atoms with E-state index in [0.717, 1.165) is 5.56 Å². The van der Waals surface area contributed by atoms with E-state index in [-0.39, 0.29) is 5.54 Å². The van der Waals surface area contributed by atoms with Crippen LogP contribution >= 0.6 is 0 Å². The van der Waals surface area contributed by atoms with E-state index in [0.29, 0.717) is 0 Å². The average Bonchev–Trinajstić information content (AvgIpc) is 2.42. The van der Waals surface area contributed by atoms with Crippen molar-refractivity contribution in [2.45, 2.75) is 64.8 Å². The van der Waals surface area contributed by atoms with Gasteiger partial charge < -0.3 is 0 Å². The third-order valence-electron chi connectivity index (χ3n) is 3.35. The van der Waals surface area contributed by atoms with Crippen molar-refractivity contribution >= 4 is 6.21 Å². The molecular formula is C16H26N2. The van der Waals surface area contributed by atoms with Crippen LogP contribution in [0.3, 0.4) is 0 Å². The number of aromatic nitrogens is 1. The van der Waals surface area contributed by atoms with Crippen LogP contribution in [0.25, 0.3) is 0 Å². The normalized spacial score (nSPS) is 12.2. The topological polar surface area (TPSA) is 25.2 Å². The molecule has 1 aromatic rings. The van der Waals surface area contributed by atoms with Gasteiger partial charge in [-0.2, -0.15) is 0 Å². The van der Waals surface area contributed by atoms with Crippen LogP contribution in [0.15, 0.2) is 29.5 Å². The van der Waals surface area contributed by atoms with Crippen LogP contribution < -0.4 is 0 Å². The third kappa shape index (κ3) is 5.44. The van der Waals surface area contributed by atoms with Crippen LogP contribution in [-0.2, 0) is 0 Å². The summed E-state index contributed by atoms with van der Waals surface area (Å²) in [6.07, 6.45) is 13.0. The van der Waals surface area contributed by atoms with Gasteiger partial charge in [0.25, 0.3) is 0 Å². The van der Waals surface area contributed by atoms with Crippen molar-refractivity contribution in [3.8, 4) is 0 Å². The molecule has 0 aliphatic carbocycles. The number of hydrogen-bond acceptors (Lipinski definition) is 2. The van der Waals surface area contributed by atoms with E-state index in [1.54, 1.807) is 6.20 Å². The Labute approximate surface area is 112 Å². The summed E-state index contributed by atoms with van der Waals surface area (Å²) in [7, 11) is 0. The van der Waals surface area contributed by atoms with Gasteiger partial charge in [-0.15, -0.1) is 0 Å². The molecule has 0 bridgehead atoms. The van der Waals surface area contributed by atoms with Crippen molar-refractivity contribution in [1.29, 1.82) is 0 Å². The maximum atomic E-state index is 4.84. The molecule has 1 heterocycles. The highest BCUT2D eigenvalue weighted by molar-refractivity contribution is 5.79. The molecule has 0 saturated heterocycles. The fourth-order valence-electron chi connectivity index (χ4n) is 2.05. The van der Waals surface area contributed by atoms with Gasteiger partial charge in [-0.3, -0.25) is 9.98 Å². The summed E-state index contributed by atoms with van der Waals surface area (Å²) in [5, 5.41) is 0. The average molecular weight is 246 g/mol. The van der Waals surface area contributed by atoms with E-state index in [9.17, 15) is 0 Å². The maximum absolute atomic E-state index is 4.84. The van der Waals surface area contributed by atoms with Crippen molar-refractivity contribution < 1.29 is 0 Å². The number of unbranched alkanes of at least 4 members (excludes halogenated alkanes) is 2. The highest BCUT2D eigenvalue weighted by Crippen LogP contribution is 2.25. The molecule has 0 aliphatic heterocycles. The number of hydrogen-bond donors (Lipinski definition) is 0. The van der Waals surface area contributed by atoms with Crippen LogP contribution in [-0.4, -0.2) is 16.7 Å². The van der Waals surface area contributed by atoms with Crippen LogP contribution in [0.1, 0.15) is 64.9 Å². The summed E-state index contributed by atoms with van der Waals surface area (Å²) in [6, 6.07) is 4.01. The van der Waals surface area contributed by atoms with Gasteiger partial charge in [0.15, 0.2) is 0 Å². The second kappa shape index (κ2) is 8.02. The zero-order valence-corrected chi connectivity index (χ0v) is 12.0. The van der Waals surface area contributed by atoms with Crippen LogP contribution in [0, 0.1) is 0 Å². The number of aliphatic imine (C=N–C) groups is 1. The van der Waals surface area contributed by atoms with E-state index in [4.69, 9.17) is 4.99 Å². The molecule has 0 spiro atoms. The van der Waals surface area contributed by atoms with E-state index in [2.05, 4.69) is 31.8 Å². The Kier molecular flexibility index (Phi) is 6.63. The van der Waals surface area contributed by atoms with Crippen molar-refractivity contribution in [3.05, 3.63) is 30.1 Å². The van der Waals surface area contributed by atoms with Crippen molar-refractivity contribution in [2.75, 3.05) is 0 Å². The lowest BCUT2D eigenvalue weighted by molar-refractivity contribution is 0.380. The Bertz CT molecular complexity index is 335. The van der Waals surface area contributed by atoms with Gasteiger partial charge in [0.2, 0.25) is 0 Å². The molecule has 0 saturated carbocycles. The Balaban J connectivity index is 2.67. The lowest BCUT2D eigenvalue weighted by Gasteiger charge is -2.25. The molecular weight excluding hydrogens is 220 g/mol. The standard InChI is InChI=1S/C16H26N2/c1-4-6-10-16(3,11-7-5-2)18-14-15-9-8-12-17-13-15/h8-9,12-14H,4-7,10-11H2,1-3H3. The molecule has 2 nitrogen and oxygen atoms in total. The summed E-state index contributed by atoms with van der Waals surface area (Å²) in [4.78, 5) is 8.95. The molecule has 0 radical (unpaired) electrons. The fourth-order valence-corrected chi connectivity index (χ4v) is 2.05. The van der Waals surface area contributed by atoms with E-state index in [1.165, 1.54) is 38.5 Å². The second-order valence-corrected chi connectivity index (χ2v) is 5.25. The fraction of sp³-hybridized carbons (Fsp3) is 0.625. The first-order valence-electron chi connectivity index (χ1n) is 7.15. The Hall–Kier alpha value is -1.18. The van der Waals surface area contributed by atoms with Gasteiger partial charge in [-0.05, 0) is 25.8 Å². The largest absolute Gasteiger partial charge is 0.286 e. The molecule has 1 rings (SSSR count). The smallest absolute Gasteiger partial charge is 0.0580 e. The summed E-state index contributed by atoms with van der Waals surface area (Å²) >= 11 is 0. The highest BCUT2D eigenvalue weighted by Gasteiger charge is 2.20. The summed E-state index contributed by atoms with van der Waals surface area (Å²) in [5.41, 5.74) is 1.19. The van der Waals surface area contributed by atoms with Crippen LogP contribution in [0.4, 0.5) is 0 Å². The van der Waals surface area contributed by atoms with Gasteiger partial charge in [-0.1, -0.05) is 45.6 Å². The molecule has 0 aliphatic rings. The van der Waals surface area contributed by atoms with Gasteiger partial charge >= 0.3 is 0 Å². The Morgan fingerprint density at radius 3 is 2.39 bits per heavy atom. The second-order valence-electron chi connectivity index (χ2n) is 5.25. The molecule has 0 fully saturated rings. The van der Waals surface area contributed by atoms with Crippen LogP contribution in [0.5, 0.6) is 0 Å². The number of pyridine rings is 1. The molecule has 100 valence electrons. The number of rotatable bonds is 8. The lowest BCUT2D eigenvalue weighted by Crippen LogP contribution is -2.22. The zero-order valence-electron chi connectivity index (χ0n) is 12.0. The molecule has 0 aromatic carbocycles. The van der Waals surface area contributed by atoms with E-state index in [1.807, 2.05) is 18.5 Å². The van der Waals surface area contributed by atoms with E-state index < -0.39 is 0 Å². The highest BCUT2D eigenvalue weighted by atomic mass is 14.8. The monoisotopic (exact) mass is 246 g/mol. The SMILES string of the molecule is CCCCC(C)(CCCC)N=Cc1cccnc1. The minimum Gasteiger partial charge on any atom is -0.286 e. The molecule has 2 heteroatoms. The first-order valence-corrected chi connectivity index (χ1v) is 7.15. The summed E-state index contributed by atoms with van der Waals surface area (Å²) in [5.74, 6) is 0. The van der Waals surface area contributed by atoms with Crippen molar-refractivity contribution in [3.63, 3.8) is 0 Å². The molecule has 0 N–H and O–H groups in total. The van der Waals surface area contributed by atoms with Crippen molar-refractivity contribution in [1.82, 2.24) is 4.98 Å².